The molecule has 0 saturated heterocycles. The number of rotatable bonds is 3. The van der Waals surface area contributed by atoms with Crippen LogP contribution in [0.2, 0.25) is 5.02 Å². The monoisotopic (exact) mass is 323 g/mol. The molecule has 0 amide bonds. The molecule has 0 aliphatic rings. The Morgan fingerprint density at radius 3 is 2.61 bits per heavy atom. The number of benzene rings is 2. The van der Waals surface area contributed by atoms with Crippen LogP contribution >= 0.6 is 27.5 Å². The van der Waals surface area contributed by atoms with Gasteiger partial charge in [0.15, 0.2) is 0 Å². The highest BCUT2D eigenvalue weighted by molar-refractivity contribution is 9.10. The van der Waals surface area contributed by atoms with Crippen LogP contribution in [0.15, 0.2) is 46.9 Å². The summed E-state index contributed by atoms with van der Waals surface area (Å²) in [4.78, 5) is 0. The molecule has 2 aromatic rings. The molecule has 94 valence electrons. The highest BCUT2D eigenvalue weighted by atomic mass is 79.9. The Morgan fingerprint density at radius 1 is 1.17 bits per heavy atom. The molecule has 0 radical (unpaired) electrons. The van der Waals surface area contributed by atoms with E-state index < -0.39 is 0 Å². The maximum absolute atomic E-state index is 6.20. The first-order chi connectivity index (χ1) is 8.56. The van der Waals surface area contributed by atoms with E-state index in [0.29, 0.717) is 0 Å². The molecule has 3 heteroatoms. The molecule has 1 N–H and O–H groups in total. The quantitative estimate of drug-likeness (QED) is 0.776. The number of aryl methyl sites for hydroxylation is 1. The molecule has 0 heterocycles. The molecule has 0 saturated carbocycles. The van der Waals surface area contributed by atoms with Crippen LogP contribution in [-0.2, 0) is 0 Å². The Kier molecular flexibility index (Phi) is 4.31. The summed E-state index contributed by atoms with van der Waals surface area (Å²) < 4.78 is 0.987. The molecule has 1 unspecified atom stereocenters. The van der Waals surface area contributed by atoms with Gasteiger partial charge in [-0.2, -0.15) is 0 Å². The maximum Gasteiger partial charge on any atom is 0.0648 e. The van der Waals surface area contributed by atoms with Crippen molar-refractivity contribution in [1.82, 2.24) is 0 Å². The van der Waals surface area contributed by atoms with Gasteiger partial charge in [-0.1, -0.05) is 57.4 Å². The van der Waals surface area contributed by atoms with Gasteiger partial charge in [0, 0.05) is 10.5 Å². The second-order valence-corrected chi connectivity index (χ2v) is 5.73. The summed E-state index contributed by atoms with van der Waals surface area (Å²) in [6, 6.07) is 14.6. The van der Waals surface area contributed by atoms with E-state index in [9.17, 15) is 0 Å². The SMILES string of the molecule is Cc1cccc(C(C)Nc2ccc(Br)cc2Cl)c1. The Labute approximate surface area is 121 Å². The molecule has 0 aromatic heterocycles. The molecule has 2 aromatic carbocycles. The van der Waals surface area contributed by atoms with E-state index >= 15 is 0 Å². The molecule has 0 fully saturated rings. The van der Waals surface area contributed by atoms with Crippen molar-refractivity contribution >= 4 is 33.2 Å². The van der Waals surface area contributed by atoms with Gasteiger partial charge in [0.25, 0.3) is 0 Å². The lowest BCUT2D eigenvalue weighted by Crippen LogP contribution is -2.07. The lowest BCUT2D eigenvalue weighted by Gasteiger charge is -2.17. The third kappa shape index (κ3) is 3.27. The van der Waals surface area contributed by atoms with Crippen LogP contribution in [0, 0.1) is 6.92 Å². The minimum Gasteiger partial charge on any atom is -0.377 e. The van der Waals surface area contributed by atoms with Crippen molar-refractivity contribution in [1.29, 1.82) is 0 Å². The Morgan fingerprint density at radius 2 is 1.94 bits per heavy atom. The lowest BCUT2D eigenvalue weighted by molar-refractivity contribution is 0.883. The van der Waals surface area contributed by atoms with E-state index in [1.165, 1.54) is 11.1 Å². The minimum atomic E-state index is 0.226. The highest BCUT2D eigenvalue weighted by Gasteiger charge is 2.07. The van der Waals surface area contributed by atoms with E-state index in [2.05, 4.69) is 59.4 Å². The lowest BCUT2D eigenvalue weighted by atomic mass is 10.1. The fourth-order valence-electron chi connectivity index (χ4n) is 1.86. The predicted molar refractivity (Wildman–Crippen MR) is 82.4 cm³/mol. The van der Waals surface area contributed by atoms with Gasteiger partial charge in [0.05, 0.1) is 10.7 Å². The smallest absolute Gasteiger partial charge is 0.0648 e. The van der Waals surface area contributed by atoms with Crippen LogP contribution in [0.4, 0.5) is 5.69 Å². The van der Waals surface area contributed by atoms with Gasteiger partial charge in [-0.3, -0.25) is 0 Å². The first-order valence-electron chi connectivity index (χ1n) is 5.84. The fourth-order valence-corrected chi connectivity index (χ4v) is 2.59. The highest BCUT2D eigenvalue weighted by Crippen LogP contribution is 2.29. The van der Waals surface area contributed by atoms with Gasteiger partial charge < -0.3 is 5.32 Å². The standard InChI is InChI=1S/C15H15BrClN/c1-10-4-3-5-12(8-10)11(2)18-15-7-6-13(16)9-14(15)17/h3-9,11,18H,1-2H3. The van der Waals surface area contributed by atoms with E-state index in [1.54, 1.807) is 0 Å². The van der Waals surface area contributed by atoms with E-state index in [1.807, 2.05) is 18.2 Å². The van der Waals surface area contributed by atoms with Crippen molar-refractivity contribution in [3.63, 3.8) is 0 Å². The fraction of sp³-hybridized carbons (Fsp3) is 0.200. The van der Waals surface area contributed by atoms with Crippen LogP contribution < -0.4 is 5.32 Å². The summed E-state index contributed by atoms with van der Waals surface area (Å²) in [6.45, 7) is 4.23. The third-order valence-corrected chi connectivity index (χ3v) is 3.65. The summed E-state index contributed by atoms with van der Waals surface area (Å²) in [5, 5.41) is 4.15. The van der Waals surface area contributed by atoms with Crippen LogP contribution in [0.3, 0.4) is 0 Å². The second kappa shape index (κ2) is 5.77. The normalized spacial score (nSPS) is 12.2. The molecule has 2 rings (SSSR count). The van der Waals surface area contributed by atoms with E-state index in [-0.39, 0.29) is 6.04 Å². The molecule has 18 heavy (non-hydrogen) atoms. The van der Waals surface area contributed by atoms with Gasteiger partial charge in [0.2, 0.25) is 0 Å². The number of halogens is 2. The molecule has 0 aliphatic carbocycles. The zero-order valence-electron chi connectivity index (χ0n) is 10.4. The zero-order valence-corrected chi connectivity index (χ0v) is 12.7. The van der Waals surface area contributed by atoms with Crippen molar-refractivity contribution in [2.45, 2.75) is 19.9 Å². The first-order valence-corrected chi connectivity index (χ1v) is 7.01. The van der Waals surface area contributed by atoms with Crippen molar-refractivity contribution in [3.05, 3.63) is 63.1 Å². The first kappa shape index (κ1) is 13.4. The molecule has 0 aliphatic heterocycles. The second-order valence-electron chi connectivity index (χ2n) is 4.40. The molecular weight excluding hydrogens is 310 g/mol. The van der Waals surface area contributed by atoms with E-state index in [0.717, 1.165) is 15.2 Å². The number of hydrogen-bond acceptors (Lipinski definition) is 1. The van der Waals surface area contributed by atoms with Crippen molar-refractivity contribution in [2.24, 2.45) is 0 Å². The maximum atomic E-state index is 6.20. The van der Waals surface area contributed by atoms with Crippen LogP contribution in [-0.4, -0.2) is 0 Å². The van der Waals surface area contributed by atoms with Crippen molar-refractivity contribution < 1.29 is 0 Å². The average Bonchev–Trinajstić information content (AvgIpc) is 2.32. The van der Waals surface area contributed by atoms with Gasteiger partial charge >= 0.3 is 0 Å². The van der Waals surface area contributed by atoms with Gasteiger partial charge in [-0.25, -0.2) is 0 Å². The van der Waals surface area contributed by atoms with Crippen LogP contribution in [0.25, 0.3) is 0 Å². The Bertz CT molecular complexity index is 554. The summed E-state index contributed by atoms with van der Waals surface area (Å²) in [6.07, 6.45) is 0. The van der Waals surface area contributed by atoms with Crippen LogP contribution in [0.5, 0.6) is 0 Å². The van der Waals surface area contributed by atoms with Crippen LogP contribution in [0.1, 0.15) is 24.1 Å². The summed E-state index contributed by atoms with van der Waals surface area (Å²) in [7, 11) is 0. The topological polar surface area (TPSA) is 12.0 Å². The zero-order chi connectivity index (χ0) is 13.1. The minimum absolute atomic E-state index is 0.226. The number of nitrogens with one attached hydrogen (secondary N) is 1. The molecule has 0 spiro atoms. The van der Waals surface area contributed by atoms with E-state index in [4.69, 9.17) is 11.6 Å². The molecule has 1 atom stereocenters. The van der Waals surface area contributed by atoms with Gasteiger partial charge in [0.1, 0.15) is 0 Å². The number of anilines is 1. The summed E-state index contributed by atoms with van der Waals surface area (Å²) in [5.41, 5.74) is 3.48. The predicted octanol–water partition coefficient (Wildman–Crippen LogP) is 5.58. The molecular formula is C15H15BrClN. The third-order valence-electron chi connectivity index (χ3n) is 2.85. The molecule has 1 nitrogen and oxygen atoms in total. The Hall–Kier alpha value is -0.990. The van der Waals surface area contributed by atoms with Crippen molar-refractivity contribution in [3.8, 4) is 0 Å². The Balaban J connectivity index is 2.18. The van der Waals surface area contributed by atoms with Gasteiger partial charge in [-0.05, 0) is 37.6 Å². The largest absolute Gasteiger partial charge is 0.377 e. The summed E-state index contributed by atoms with van der Waals surface area (Å²) in [5.74, 6) is 0. The molecule has 0 bridgehead atoms. The average molecular weight is 325 g/mol. The van der Waals surface area contributed by atoms with Gasteiger partial charge in [-0.15, -0.1) is 0 Å². The number of hydrogen-bond donors (Lipinski definition) is 1. The van der Waals surface area contributed by atoms with Crippen molar-refractivity contribution in [2.75, 3.05) is 5.32 Å². The summed E-state index contributed by atoms with van der Waals surface area (Å²) >= 11 is 9.60.